The summed E-state index contributed by atoms with van der Waals surface area (Å²) in [4.78, 5) is 0. The fourth-order valence-electron chi connectivity index (χ4n) is 4.35. The van der Waals surface area contributed by atoms with Crippen LogP contribution < -0.4 is 5.73 Å². The van der Waals surface area contributed by atoms with E-state index in [4.69, 9.17) is 5.73 Å². The van der Waals surface area contributed by atoms with Crippen LogP contribution >= 0.6 is 0 Å². The second kappa shape index (κ2) is 9.07. The Morgan fingerprint density at radius 1 is 1.00 bits per heavy atom. The summed E-state index contributed by atoms with van der Waals surface area (Å²) in [5.41, 5.74) is 6.99. The maximum atomic E-state index is 6.86. The van der Waals surface area contributed by atoms with E-state index in [1.54, 1.807) is 0 Å². The lowest BCUT2D eigenvalue weighted by Gasteiger charge is -2.46. The summed E-state index contributed by atoms with van der Waals surface area (Å²) >= 11 is 0. The SMILES string of the molecule is CCCCCCCCCC1(N)CC(C)CCC1C(C)C. The van der Waals surface area contributed by atoms with E-state index in [1.165, 1.54) is 70.6 Å². The fraction of sp³-hybridized carbons (Fsp3) is 1.00. The van der Waals surface area contributed by atoms with Crippen LogP contribution in [0.4, 0.5) is 0 Å². The molecule has 0 aromatic heterocycles. The Morgan fingerprint density at radius 2 is 1.60 bits per heavy atom. The summed E-state index contributed by atoms with van der Waals surface area (Å²) in [6.07, 6.45) is 15.0. The molecule has 1 heteroatoms. The van der Waals surface area contributed by atoms with Gasteiger partial charge in [0.15, 0.2) is 0 Å². The third-order valence-electron chi connectivity index (χ3n) is 5.49. The molecule has 0 saturated heterocycles. The molecule has 1 aliphatic carbocycles. The van der Waals surface area contributed by atoms with Crippen molar-refractivity contribution in [2.75, 3.05) is 0 Å². The zero-order chi connectivity index (χ0) is 15.0. The summed E-state index contributed by atoms with van der Waals surface area (Å²) in [7, 11) is 0. The number of rotatable bonds is 9. The Labute approximate surface area is 128 Å². The Morgan fingerprint density at radius 3 is 2.20 bits per heavy atom. The lowest BCUT2D eigenvalue weighted by molar-refractivity contribution is 0.0988. The van der Waals surface area contributed by atoms with Crippen molar-refractivity contribution in [2.45, 2.75) is 104 Å². The van der Waals surface area contributed by atoms with Crippen molar-refractivity contribution in [3.63, 3.8) is 0 Å². The predicted octanol–water partition coefficient (Wildman–Crippen LogP) is 5.92. The quantitative estimate of drug-likeness (QED) is 0.522. The number of nitrogens with two attached hydrogens (primary N) is 1. The van der Waals surface area contributed by atoms with Crippen molar-refractivity contribution in [2.24, 2.45) is 23.5 Å². The minimum Gasteiger partial charge on any atom is -0.325 e. The monoisotopic (exact) mass is 281 g/mol. The third-order valence-corrected chi connectivity index (χ3v) is 5.49. The van der Waals surface area contributed by atoms with E-state index < -0.39 is 0 Å². The molecule has 3 atom stereocenters. The number of hydrogen-bond acceptors (Lipinski definition) is 1. The van der Waals surface area contributed by atoms with Crippen molar-refractivity contribution < 1.29 is 0 Å². The molecule has 1 rings (SSSR count). The molecule has 0 aromatic rings. The molecule has 0 aliphatic heterocycles. The summed E-state index contributed by atoms with van der Waals surface area (Å²) in [6, 6.07) is 0. The topological polar surface area (TPSA) is 26.0 Å². The zero-order valence-corrected chi connectivity index (χ0v) is 14.6. The zero-order valence-electron chi connectivity index (χ0n) is 14.6. The van der Waals surface area contributed by atoms with Gasteiger partial charge in [0, 0.05) is 5.54 Å². The van der Waals surface area contributed by atoms with E-state index in [-0.39, 0.29) is 5.54 Å². The van der Waals surface area contributed by atoms with Gasteiger partial charge in [-0.2, -0.15) is 0 Å². The van der Waals surface area contributed by atoms with E-state index >= 15 is 0 Å². The Bertz CT molecular complexity index is 248. The first-order valence-corrected chi connectivity index (χ1v) is 9.28. The highest BCUT2D eigenvalue weighted by Gasteiger charge is 2.40. The smallest absolute Gasteiger partial charge is 0.0187 e. The largest absolute Gasteiger partial charge is 0.325 e. The molecule has 3 unspecified atom stereocenters. The molecule has 2 N–H and O–H groups in total. The van der Waals surface area contributed by atoms with Gasteiger partial charge in [-0.3, -0.25) is 0 Å². The van der Waals surface area contributed by atoms with Crippen LogP contribution in [0.2, 0.25) is 0 Å². The van der Waals surface area contributed by atoms with Gasteiger partial charge in [0.2, 0.25) is 0 Å². The summed E-state index contributed by atoms with van der Waals surface area (Å²) < 4.78 is 0. The summed E-state index contributed by atoms with van der Waals surface area (Å²) in [5, 5.41) is 0. The minimum absolute atomic E-state index is 0.134. The van der Waals surface area contributed by atoms with Crippen LogP contribution in [-0.2, 0) is 0 Å². The second-order valence-corrected chi connectivity index (χ2v) is 7.84. The molecule has 0 heterocycles. The molecule has 1 fully saturated rings. The van der Waals surface area contributed by atoms with Gasteiger partial charge in [0.25, 0.3) is 0 Å². The molecule has 0 spiro atoms. The average molecular weight is 282 g/mol. The molecular formula is C19H39N. The standard InChI is InChI=1S/C19H39N/c1-5-6-7-8-9-10-11-14-19(20)15-17(4)12-13-18(19)16(2)3/h16-18H,5-15,20H2,1-4H3. The number of hydrogen-bond donors (Lipinski definition) is 1. The highest BCUT2D eigenvalue weighted by Crippen LogP contribution is 2.42. The second-order valence-electron chi connectivity index (χ2n) is 7.84. The van der Waals surface area contributed by atoms with Crippen molar-refractivity contribution in [1.29, 1.82) is 0 Å². The van der Waals surface area contributed by atoms with Gasteiger partial charge in [-0.1, -0.05) is 79.1 Å². The van der Waals surface area contributed by atoms with Crippen molar-refractivity contribution in [1.82, 2.24) is 0 Å². The molecule has 0 aromatic carbocycles. The molecule has 0 amide bonds. The van der Waals surface area contributed by atoms with Crippen LogP contribution in [0.15, 0.2) is 0 Å². The average Bonchev–Trinajstić information content (AvgIpc) is 2.37. The van der Waals surface area contributed by atoms with Crippen molar-refractivity contribution in [3.05, 3.63) is 0 Å². The molecule has 0 bridgehead atoms. The molecule has 1 saturated carbocycles. The van der Waals surface area contributed by atoms with E-state index in [0.29, 0.717) is 0 Å². The van der Waals surface area contributed by atoms with Crippen LogP contribution in [-0.4, -0.2) is 5.54 Å². The maximum Gasteiger partial charge on any atom is 0.0187 e. The maximum absolute atomic E-state index is 6.86. The summed E-state index contributed by atoms with van der Waals surface area (Å²) in [5.74, 6) is 2.33. The first-order chi connectivity index (χ1) is 9.49. The van der Waals surface area contributed by atoms with Crippen LogP contribution in [0.25, 0.3) is 0 Å². The van der Waals surface area contributed by atoms with Gasteiger partial charge >= 0.3 is 0 Å². The van der Waals surface area contributed by atoms with Gasteiger partial charge in [0.05, 0.1) is 0 Å². The molecule has 1 aliphatic rings. The fourth-order valence-corrected chi connectivity index (χ4v) is 4.35. The lowest BCUT2D eigenvalue weighted by Crippen LogP contribution is -2.52. The molecule has 20 heavy (non-hydrogen) atoms. The van der Waals surface area contributed by atoms with Crippen LogP contribution in [0.1, 0.15) is 98.3 Å². The van der Waals surface area contributed by atoms with Crippen molar-refractivity contribution >= 4 is 0 Å². The van der Waals surface area contributed by atoms with Gasteiger partial charge in [-0.05, 0) is 37.0 Å². The van der Waals surface area contributed by atoms with E-state index in [9.17, 15) is 0 Å². The Balaban J connectivity index is 2.30. The van der Waals surface area contributed by atoms with Gasteiger partial charge in [-0.25, -0.2) is 0 Å². The third kappa shape index (κ3) is 5.76. The molecule has 1 nitrogen and oxygen atoms in total. The van der Waals surface area contributed by atoms with E-state index in [0.717, 1.165) is 17.8 Å². The normalized spacial score (nSPS) is 30.9. The Hall–Kier alpha value is -0.0400. The first kappa shape index (κ1) is 18.0. The minimum atomic E-state index is 0.134. The van der Waals surface area contributed by atoms with Gasteiger partial charge in [0.1, 0.15) is 0 Å². The van der Waals surface area contributed by atoms with Crippen LogP contribution in [0.3, 0.4) is 0 Å². The molecule has 0 radical (unpaired) electrons. The van der Waals surface area contributed by atoms with E-state index in [1.807, 2.05) is 0 Å². The Kier molecular flexibility index (Phi) is 8.17. The lowest BCUT2D eigenvalue weighted by atomic mass is 9.63. The van der Waals surface area contributed by atoms with Gasteiger partial charge in [-0.15, -0.1) is 0 Å². The van der Waals surface area contributed by atoms with Crippen LogP contribution in [0, 0.1) is 17.8 Å². The highest BCUT2D eigenvalue weighted by molar-refractivity contribution is 4.97. The van der Waals surface area contributed by atoms with Crippen molar-refractivity contribution in [3.8, 4) is 0 Å². The van der Waals surface area contributed by atoms with Gasteiger partial charge < -0.3 is 5.73 Å². The highest BCUT2D eigenvalue weighted by atomic mass is 14.8. The number of unbranched alkanes of at least 4 members (excludes halogenated alkanes) is 6. The summed E-state index contributed by atoms with van der Waals surface area (Å²) in [6.45, 7) is 9.41. The molecule has 120 valence electrons. The van der Waals surface area contributed by atoms with E-state index in [2.05, 4.69) is 27.7 Å². The van der Waals surface area contributed by atoms with Crippen LogP contribution in [0.5, 0.6) is 0 Å². The predicted molar refractivity (Wildman–Crippen MR) is 90.9 cm³/mol. The molecular weight excluding hydrogens is 242 g/mol. The first-order valence-electron chi connectivity index (χ1n) is 9.28.